The molecule has 0 amide bonds. The summed E-state index contributed by atoms with van der Waals surface area (Å²) in [5, 5.41) is 3.46. The van der Waals surface area contributed by atoms with Gasteiger partial charge in [0, 0.05) is 26.6 Å². The highest BCUT2D eigenvalue weighted by molar-refractivity contribution is 5.80. The lowest BCUT2D eigenvalue weighted by Gasteiger charge is -2.38. The molecule has 1 aliphatic rings. The Kier molecular flexibility index (Phi) is 6.28. The Hall–Kier alpha value is -2.93. The molecule has 2 unspecified atom stereocenters. The number of nitrogens with zero attached hydrogens (tertiary/aromatic N) is 3. The van der Waals surface area contributed by atoms with E-state index in [9.17, 15) is 4.39 Å². The number of aliphatic imine (C=N–C) groups is 1. The highest BCUT2D eigenvalue weighted by atomic mass is 19.1. The van der Waals surface area contributed by atoms with E-state index in [-0.39, 0.29) is 18.0 Å². The van der Waals surface area contributed by atoms with Gasteiger partial charge in [-0.25, -0.2) is 9.37 Å². The van der Waals surface area contributed by atoms with Crippen molar-refractivity contribution in [1.82, 2.24) is 20.2 Å². The van der Waals surface area contributed by atoms with Crippen molar-refractivity contribution < 1.29 is 9.13 Å². The fourth-order valence-electron chi connectivity index (χ4n) is 3.90. The van der Waals surface area contributed by atoms with Crippen molar-refractivity contribution in [1.29, 1.82) is 0 Å². The normalized spacial score (nSPS) is 20.0. The highest BCUT2D eigenvalue weighted by Crippen LogP contribution is 2.25. The summed E-state index contributed by atoms with van der Waals surface area (Å²) in [5.41, 5.74) is 3.06. The zero-order valence-corrected chi connectivity index (χ0v) is 17.4. The first-order chi connectivity index (χ1) is 14.6. The van der Waals surface area contributed by atoms with E-state index < -0.39 is 0 Å². The Morgan fingerprint density at radius 2 is 2.03 bits per heavy atom. The highest BCUT2D eigenvalue weighted by Gasteiger charge is 2.28. The van der Waals surface area contributed by atoms with Crippen molar-refractivity contribution in [3.63, 3.8) is 0 Å². The summed E-state index contributed by atoms with van der Waals surface area (Å²) in [4.78, 5) is 14.7. The van der Waals surface area contributed by atoms with Gasteiger partial charge in [-0.15, -0.1) is 0 Å². The van der Waals surface area contributed by atoms with E-state index in [1.807, 2.05) is 24.3 Å². The second-order valence-electron chi connectivity index (χ2n) is 7.67. The lowest BCUT2D eigenvalue weighted by molar-refractivity contribution is -0.0605. The average molecular weight is 410 g/mol. The smallest absolute Gasteiger partial charge is 0.193 e. The molecule has 2 atom stereocenters. The molecule has 3 aromatic rings. The first kappa shape index (κ1) is 20.3. The van der Waals surface area contributed by atoms with Gasteiger partial charge in [0.05, 0.1) is 23.7 Å². The zero-order chi connectivity index (χ0) is 20.9. The van der Waals surface area contributed by atoms with Gasteiger partial charge in [0.2, 0.25) is 0 Å². The zero-order valence-electron chi connectivity index (χ0n) is 17.4. The van der Waals surface area contributed by atoms with Gasteiger partial charge in [0.1, 0.15) is 17.7 Å². The van der Waals surface area contributed by atoms with Gasteiger partial charge in [0.25, 0.3) is 0 Å². The molecule has 0 spiro atoms. The van der Waals surface area contributed by atoms with Crippen molar-refractivity contribution in [3.8, 4) is 0 Å². The SMILES string of the molecule is CN=C(NCCCc1nc2ccccc2[nH]1)N1CC(C)OC(c2ccc(F)cc2)C1. The Morgan fingerprint density at radius 3 is 2.80 bits per heavy atom. The number of halogens is 1. The largest absolute Gasteiger partial charge is 0.367 e. The number of imidazole rings is 1. The molecule has 1 saturated heterocycles. The maximum Gasteiger partial charge on any atom is 0.193 e. The molecule has 30 heavy (non-hydrogen) atoms. The lowest BCUT2D eigenvalue weighted by atomic mass is 10.1. The predicted octanol–water partition coefficient (Wildman–Crippen LogP) is 3.67. The number of morpholine rings is 1. The van der Waals surface area contributed by atoms with E-state index in [4.69, 9.17) is 4.74 Å². The minimum atomic E-state index is -0.235. The molecule has 158 valence electrons. The van der Waals surface area contributed by atoms with Gasteiger partial charge in [-0.05, 0) is 43.2 Å². The molecule has 2 aromatic carbocycles. The molecule has 2 N–H and O–H groups in total. The van der Waals surface area contributed by atoms with Crippen LogP contribution < -0.4 is 5.32 Å². The van der Waals surface area contributed by atoms with Crippen LogP contribution in [0.5, 0.6) is 0 Å². The fourth-order valence-corrected chi connectivity index (χ4v) is 3.90. The summed E-state index contributed by atoms with van der Waals surface area (Å²) in [6.07, 6.45) is 1.77. The number of aromatic nitrogens is 2. The van der Waals surface area contributed by atoms with E-state index in [0.29, 0.717) is 6.54 Å². The third kappa shape index (κ3) is 4.79. The number of guanidine groups is 1. The van der Waals surface area contributed by atoms with Crippen LogP contribution in [0.25, 0.3) is 11.0 Å². The van der Waals surface area contributed by atoms with Crippen LogP contribution in [0.3, 0.4) is 0 Å². The van der Waals surface area contributed by atoms with E-state index >= 15 is 0 Å². The van der Waals surface area contributed by atoms with Crippen LogP contribution in [0.15, 0.2) is 53.5 Å². The monoisotopic (exact) mass is 409 g/mol. The molecular weight excluding hydrogens is 381 g/mol. The number of para-hydroxylation sites is 2. The first-order valence-electron chi connectivity index (χ1n) is 10.4. The number of rotatable bonds is 5. The molecule has 1 fully saturated rings. The van der Waals surface area contributed by atoms with Crippen LogP contribution in [-0.2, 0) is 11.2 Å². The first-order valence-corrected chi connectivity index (χ1v) is 10.4. The summed E-state index contributed by atoms with van der Waals surface area (Å²) < 4.78 is 19.3. The Balaban J connectivity index is 1.31. The van der Waals surface area contributed by atoms with Crippen molar-refractivity contribution in [2.45, 2.75) is 32.0 Å². The number of hydrogen-bond donors (Lipinski definition) is 2. The molecule has 0 saturated carbocycles. The molecule has 7 heteroatoms. The fraction of sp³-hybridized carbons (Fsp3) is 0.391. The molecular formula is C23H28FN5O. The summed E-state index contributed by atoms with van der Waals surface area (Å²) >= 11 is 0. The van der Waals surface area contributed by atoms with Gasteiger partial charge in [-0.3, -0.25) is 4.99 Å². The second kappa shape index (κ2) is 9.26. The lowest BCUT2D eigenvalue weighted by Crippen LogP contribution is -2.50. The van der Waals surface area contributed by atoms with Crippen molar-refractivity contribution in [2.24, 2.45) is 4.99 Å². The standard InChI is InChI=1S/C23H28FN5O/c1-16-14-29(15-21(30-16)17-9-11-18(24)12-10-17)23(25-2)26-13-5-8-22-27-19-6-3-4-7-20(19)28-22/h3-4,6-7,9-12,16,21H,5,8,13-15H2,1-2H3,(H,25,26)(H,27,28). The molecule has 4 rings (SSSR count). The topological polar surface area (TPSA) is 65.5 Å². The molecule has 6 nitrogen and oxygen atoms in total. The van der Waals surface area contributed by atoms with E-state index in [1.54, 1.807) is 19.2 Å². The minimum Gasteiger partial charge on any atom is -0.367 e. The van der Waals surface area contributed by atoms with Crippen LogP contribution in [0.1, 0.15) is 30.8 Å². The maximum atomic E-state index is 13.3. The van der Waals surface area contributed by atoms with Crippen LogP contribution in [0, 0.1) is 5.82 Å². The number of H-pyrrole nitrogens is 1. The summed E-state index contributed by atoms with van der Waals surface area (Å²) in [5.74, 6) is 1.63. The quantitative estimate of drug-likeness (QED) is 0.383. The number of benzene rings is 2. The van der Waals surface area contributed by atoms with Gasteiger partial charge in [0.15, 0.2) is 5.96 Å². The number of aromatic amines is 1. The molecule has 0 bridgehead atoms. The third-order valence-corrected chi connectivity index (χ3v) is 5.33. The maximum absolute atomic E-state index is 13.3. The molecule has 2 heterocycles. The summed E-state index contributed by atoms with van der Waals surface area (Å²) in [6.45, 7) is 4.30. The van der Waals surface area contributed by atoms with Crippen molar-refractivity contribution >= 4 is 17.0 Å². The van der Waals surface area contributed by atoms with Gasteiger partial charge < -0.3 is 19.9 Å². The van der Waals surface area contributed by atoms with Gasteiger partial charge in [-0.1, -0.05) is 24.3 Å². The number of fused-ring (bicyclic) bond motifs is 1. The second-order valence-corrected chi connectivity index (χ2v) is 7.67. The van der Waals surface area contributed by atoms with Crippen molar-refractivity contribution in [2.75, 3.05) is 26.7 Å². The molecule has 1 aliphatic heterocycles. The number of ether oxygens (including phenoxy) is 1. The summed E-state index contributed by atoms with van der Waals surface area (Å²) in [7, 11) is 1.80. The van der Waals surface area contributed by atoms with Crippen LogP contribution in [0.2, 0.25) is 0 Å². The number of nitrogens with one attached hydrogen (secondary N) is 2. The number of aryl methyl sites for hydroxylation is 1. The van der Waals surface area contributed by atoms with E-state index in [0.717, 1.165) is 54.3 Å². The minimum absolute atomic E-state index is 0.0582. The third-order valence-electron chi connectivity index (χ3n) is 5.33. The Bertz CT molecular complexity index is 967. The van der Waals surface area contributed by atoms with Gasteiger partial charge >= 0.3 is 0 Å². The van der Waals surface area contributed by atoms with E-state index in [1.165, 1.54) is 12.1 Å². The van der Waals surface area contributed by atoms with Crippen LogP contribution >= 0.6 is 0 Å². The Morgan fingerprint density at radius 1 is 1.23 bits per heavy atom. The van der Waals surface area contributed by atoms with E-state index in [2.05, 4.69) is 32.1 Å². The van der Waals surface area contributed by atoms with Crippen LogP contribution in [-0.4, -0.2) is 53.6 Å². The van der Waals surface area contributed by atoms with Crippen molar-refractivity contribution in [3.05, 3.63) is 65.7 Å². The van der Waals surface area contributed by atoms with Gasteiger partial charge in [-0.2, -0.15) is 0 Å². The molecule has 0 aliphatic carbocycles. The summed E-state index contributed by atoms with van der Waals surface area (Å²) in [6, 6.07) is 14.6. The van der Waals surface area contributed by atoms with Crippen LogP contribution in [0.4, 0.5) is 4.39 Å². The molecule has 0 radical (unpaired) electrons. The Labute approximate surface area is 176 Å². The molecule has 1 aromatic heterocycles. The predicted molar refractivity (Wildman–Crippen MR) is 117 cm³/mol. The number of hydrogen-bond acceptors (Lipinski definition) is 3. The average Bonchev–Trinajstić information content (AvgIpc) is 3.17.